The molecule has 0 aromatic heterocycles. The molecule has 0 fully saturated rings. The Morgan fingerprint density at radius 1 is 1.75 bits per heavy atom. The van der Waals surface area contributed by atoms with E-state index in [1.54, 1.807) is 0 Å². The van der Waals surface area contributed by atoms with Crippen molar-refractivity contribution in [1.29, 1.82) is 0 Å². The Bertz CT molecular complexity index is 165. The second-order valence-corrected chi connectivity index (χ2v) is 3.60. The lowest BCUT2D eigenvalue weighted by Gasteiger charge is -2.18. The normalized spacial score (nSPS) is 24.8. The molecule has 1 heterocycles. The van der Waals surface area contributed by atoms with Crippen molar-refractivity contribution in [3.8, 4) is 0 Å². The van der Waals surface area contributed by atoms with Gasteiger partial charge in [-0.25, -0.2) is 0 Å². The molecule has 3 N–H and O–H groups in total. The van der Waals surface area contributed by atoms with Crippen LogP contribution in [0.25, 0.3) is 0 Å². The van der Waals surface area contributed by atoms with Gasteiger partial charge in [0, 0.05) is 0 Å². The summed E-state index contributed by atoms with van der Waals surface area (Å²) in [7, 11) is 0. The van der Waals surface area contributed by atoms with Gasteiger partial charge in [-0.2, -0.15) is 0 Å². The molecule has 2 unspecified atom stereocenters. The van der Waals surface area contributed by atoms with E-state index in [1.165, 1.54) is 19.3 Å². The maximum absolute atomic E-state index is 5.53. The van der Waals surface area contributed by atoms with Gasteiger partial charge in [0.25, 0.3) is 0 Å². The number of hydrogen-bond donors (Lipinski definition) is 2. The summed E-state index contributed by atoms with van der Waals surface area (Å²) in [6.45, 7) is 5.35. The molecule has 0 aromatic carbocycles. The third-order valence-electron chi connectivity index (χ3n) is 2.49. The lowest BCUT2D eigenvalue weighted by atomic mass is 9.96. The monoisotopic (exact) mass is 169 g/mol. The number of unbranched alkanes of at least 4 members (excludes halogenated alkanes) is 1. The Kier molecular flexibility index (Phi) is 3.38. The smallest absolute Gasteiger partial charge is 0.188 e. The lowest BCUT2D eigenvalue weighted by molar-refractivity contribution is 0.406. The summed E-state index contributed by atoms with van der Waals surface area (Å²) in [6.07, 6.45) is 3.85. The molecule has 70 valence electrons. The average Bonchev–Trinajstić information content (AvgIpc) is 2.47. The van der Waals surface area contributed by atoms with Crippen molar-refractivity contribution < 1.29 is 0 Å². The highest BCUT2D eigenvalue weighted by Crippen LogP contribution is 2.14. The molecule has 0 amide bonds. The van der Waals surface area contributed by atoms with Crippen molar-refractivity contribution in [3.63, 3.8) is 0 Å². The van der Waals surface area contributed by atoms with Gasteiger partial charge in [0.05, 0.1) is 12.6 Å². The maximum atomic E-state index is 5.53. The van der Waals surface area contributed by atoms with Crippen molar-refractivity contribution in [2.24, 2.45) is 16.6 Å². The maximum Gasteiger partial charge on any atom is 0.188 e. The summed E-state index contributed by atoms with van der Waals surface area (Å²) >= 11 is 0. The van der Waals surface area contributed by atoms with E-state index in [0.29, 0.717) is 17.9 Å². The molecule has 12 heavy (non-hydrogen) atoms. The standard InChI is InChI=1S/C9H19N3/c1-3-4-5-7(2)8-6-11-9(10)12-8/h7-8H,3-6H2,1-2H3,(H3,10,11,12). The van der Waals surface area contributed by atoms with E-state index >= 15 is 0 Å². The predicted molar refractivity (Wildman–Crippen MR) is 52.1 cm³/mol. The largest absolute Gasteiger partial charge is 0.370 e. The van der Waals surface area contributed by atoms with Crippen LogP contribution in [0.5, 0.6) is 0 Å². The van der Waals surface area contributed by atoms with E-state index in [9.17, 15) is 0 Å². The van der Waals surface area contributed by atoms with Crippen LogP contribution in [0.2, 0.25) is 0 Å². The molecule has 0 bridgehead atoms. The Hall–Kier alpha value is -0.730. The molecule has 0 spiro atoms. The van der Waals surface area contributed by atoms with E-state index < -0.39 is 0 Å². The summed E-state index contributed by atoms with van der Waals surface area (Å²) in [4.78, 5) is 4.13. The zero-order chi connectivity index (χ0) is 8.97. The molecular formula is C9H19N3. The fraction of sp³-hybridized carbons (Fsp3) is 0.889. The van der Waals surface area contributed by atoms with Crippen molar-refractivity contribution >= 4 is 5.96 Å². The Labute approximate surface area is 74.4 Å². The first kappa shape index (κ1) is 9.36. The van der Waals surface area contributed by atoms with Gasteiger partial charge in [0.2, 0.25) is 0 Å². The molecule has 1 aliphatic heterocycles. The first-order valence-corrected chi connectivity index (χ1v) is 4.80. The van der Waals surface area contributed by atoms with Crippen LogP contribution in [0.4, 0.5) is 0 Å². The molecular weight excluding hydrogens is 150 g/mol. The zero-order valence-corrected chi connectivity index (χ0v) is 8.01. The molecule has 0 aliphatic carbocycles. The predicted octanol–water partition coefficient (Wildman–Crippen LogP) is 1.10. The van der Waals surface area contributed by atoms with Crippen LogP contribution in [0, 0.1) is 5.92 Å². The van der Waals surface area contributed by atoms with Crippen molar-refractivity contribution in [2.45, 2.75) is 39.2 Å². The SMILES string of the molecule is CCCCC(C)C1CN=C(N)N1. The second kappa shape index (κ2) is 4.33. The summed E-state index contributed by atoms with van der Waals surface area (Å²) < 4.78 is 0. The molecule has 0 saturated carbocycles. The van der Waals surface area contributed by atoms with E-state index in [1.807, 2.05) is 0 Å². The van der Waals surface area contributed by atoms with Crippen LogP contribution in [0.15, 0.2) is 4.99 Å². The third-order valence-corrected chi connectivity index (χ3v) is 2.49. The minimum atomic E-state index is 0.483. The zero-order valence-electron chi connectivity index (χ0n) is 8.01. The second-order valence-electron chi connectivity index (χ2n) is 3.60. The van der Waals surface area contributed by atoms with E-state index in [-0.39, 0.29) is 0 Å². The molecule has 0 saturated heterocycles. The molecule has 0 radical (unpaired) electrons. The molecule has 0 aromatic rings. The number of guanidine groups is 1. The summed E-state index contributed by atoms with van der Waals surface area (Å²) in [6, 6.07) is 0.483. The fourth-order valence-corrected chi connectivity index (χ4v) is 1.53. The Morgan fingerprint density at radius 2 is 2.50 bits per heavy atom. The van der Waals surface area contributed by atoms with Gasteiger partial charge in [-0.05, 0) is 12.3 Å². The lowest BCUT2D eigenvalue weighted by Crippen LogP contribution is -2.39. The topological polar surface area (TPSA) is 50.4 Å². The quantitative estimate of drug-likeness (QED) is 0.662. The van der Waals surface area contributed by atoms with Crippen LogP contribution in [-0.4, -0.2) is 18.5 Å². The molecule has 2 atom stereocenters. The van der Waals surface area contributed by atoms with Crippen LogP contribution < -0.4 is 11.1 Å². The number of nitrogens with zero attached hydrogens (tertiary/aromatic N) is 1. The van der Waals surface area contributed by atoms with E-state index in [2.05, 4.69) is 24.2 Å². The van der Waals surface area contributed by atoms with Crippen molar-refractivity contribution in [2.75, 3.05) is 6.54 Å². The van der Waals surface area contributed by atoms with Gasteiger partial charge in [-0.3, -0.25) is 4.99 Å². The molecule has 1 rings (SSSR count). The summed E-state index contributed by atoms with van der Waals surface area (Å²) in [5.74, 6) is 1.30. The molecule has 1 aliphatic rings. The number of hydrogen-bond acceptors (Lipinski definition) is 3. The highest BCUT2D eigenvalue weighted by Gasteiger charge is 2.20. The van der Waals surface area contributed by atoms with Crippen LogP contribution >= 0.6 is 0 Å². The highest BCUT2D eigenvalue weighted by molar-refractivity contribution is 5.79. The van der Waals surface area contributed by atoms with Gasteiger partial charge >= 0.3 is 0 Å². The van der Waals surface area contributed by atoms with Crippen LogP contribution in [0.1, 0.15) is 33.1 Å². The summed E-state index contributed by atoms with van der Waals surface area (Å²) in [5.41, 5.74) is 5.53. The fourth-order valence-electron chi connectivity index (χ4n) is 1.53. The first-order valence-electron chi connectivity index (χ1n) is 4.80. The third kappa shape index (κ3) is 2.40. The first-order chi connectivity index (χ1) is 5.74. The minimum absolute atomic E-state index is 0.483. The van der Waals surface area contributed by atoms with E-state index in [4.69, 9.17) is 5.73 Å². The van der Waals surface area contributed by atoms with Gasteiger partial charge in [-0.1, -0.05) is 26.7 Å². The molecule has 3 nitrogen and oxygen atoms in total. The van der Waals surface area contributed by atoms with Gasteiger partial charge in [0.15, 0.2) is 5.96 Å². The minimum Gasteiger partial charge on any atom is -0.370 e. The van der Waals surface area contributed by atoms with Gasteiger partial charge in [0.1, 0.15) is 0 Å². The van der Waals surface area contributed by atoms with Crippen LogP contribution in [0.3, 0.4) is 0 Å². The molecule has 3 heteroatoms. The highest BCUT2D eigenvalue weighted by atomic mass is 15.2. The van der Waals surface area contributed by atoms with Crippen molar-refractivity contribution in [1.82, 2.24) is 5.32 Å². The Balaban J connectivity index is 2.21. The number of nitrogens with one attached hydrogen (secondary N) is 1. The Morgan fingerprint density at radius 3 is 3.00 bits per heavy atom. The number of rotatable bonds is 4. The van der Waals surface area contributed by atoms with Crippen molar-refractivity contribution in [3.05, 3.63) is 0 Å². The number of aliphatic imine (C=N–C) groups is 1. The van der Waals surface area contributed by atoms with E-state index in [0.717, 1.165) is 6.54 Å². The van der Waals surface area contributed by atoms with Gasteiger partial charge < -0.3 is 11.1 Å². The average molecular weight is 169 g/mol. The van der Waals surface area contributed by atoms with Crippen LogP contribution in [-0.2, 0) is 0 Å². The summed E-state index contributed by atoms with van der Waals surface area (Å²) in [5, 5.41) is 3.19. The number of nitrogens with two attached hydrogens (primary N) is 1. The van der Waals surface area contributed by atoms with Gasteiger partial charge in [-0.15, -0.1) is 0 Å².